The van der Waals surface area contributed by atoms with E-state index < -0.39 is 23.0 Å². The average molecular weight is 526 g/mol. The smallest absolute Gasteiger partial charge is 0.454 e. The summed E-state index contributed by atoms with van der Waals surface area (Å²) in [6.45, 7) is 0.347. The van der Waals surface area contributed by atoms with Gasteiger partial charge in [-0.25, -0.2) is 12.8 Å². The fraction of sp³-hybridized carbons (Fsp3) is 0.423. The number of carbonyl (C=O) groups excluding carboxylic acids is 1. The standard InChI is InChI=1S/C26H28BFN2O6S/c28-18-5-3-17(4-6-18)25-24(26(31)29-19-7-8-19)21-11-20(16-1-2-16)22(12-23(21)36-25)30-37(33,34)10-9-15-13-27(32)35-14-15/h3-6,11-12,15-16,19,30,32H,1-2,7-10,13-14H2,(H,29,31). The molecular weight excluding hydrogens is 498 g/mol. The second kappa shape index (κ2) is 9.45. The Morgan fingerprint density at radius 2 is 1.89 bits per heavy atom. The van der Waals surface area contributed by atoms with Crippen molar-refractivity contribution in [2.24, 2.45) is 5.92 Å². The van der Waals surface area contributed by atoms with Crippen molar-refractivity contribution in [3.05, 3.63) is 53.3 Å². The number of rotatable bonds is 9. The number of anilines is 1. The minimum absolute atomic E-state index is 0.00663. The van der Waals surface area contributed by atoms with Gasteiger partial charge in [-0.05, 0) is 86.2 Å². The number of benzene rings is 2. The lowest BCUT2D eigenvalue weighted by atomic mass is 9.81. The fourth-order valence-electron chi connectivity index (χ4n) is 4.91. The van der Waals surface area contributed by atoms with Crippen molar-refractivity contribution in [2.45, 2.75) is 50.4 Å². The third-order valence-corrected chi connectivity index (χ3v) is 8.55. The lowest BCUT2D eigenvalue weighted by molar-refractivity contribution is 0.0952. The molecule has 0 bridgehead atoms. The van der Waals surface area contributed by atoms with E-state index in [9.17, 15) is 22.6 Å². The minimum atomic E-state index is -3.67. The van der Waals surface area contributed by atoms with E-state index in [0.29, 0.717) is 52.9 Å². The molecule has 3 aliphatic rings. The second-order valence-corrected chi connectivity index (χ2v) is 12.2. The minimum Gasteiger partial charge on any atom is -0.455 e. The van der Waals surface area contributed by atoms with E-state index in [4.69, 9.17) is 9.07 Å². The van der Waals surface area contributed by atoms with Gasteiger partial charge in [0.15, 0.2) is 0 Å². The topological polar surface area (TPSA) is 118 Å². The van der Waals surface area contributed by atoms with Gasteiger partial charge in [-0.15, -0.1) is 0 Å². The summed E-state index contributed by atoms with van der Waals surface area (Å²) in [7, 11) is -4.50. The summed E-state index contributed by atoms with van der Waals surface area (Å²) in [5.41, 5.74) is 2.61. The van der Waals surface area contributed by atoms with Gasteiger partial charge in [0.1, 0.15) is 17.2 Å². The van der Waals surface area contributed by atoms with Crippen LogP contribution in [0.2, 0.25) is 6.32 Å². The van der Waals surface area contributed by atoms with Crippen LogP contribution in [0.4, 0.5) is 10.1 Å². The van der Waals surface area contributed by atoms with Gasteiger partial charge in [0.25, 0.3) is 5.91 Å². The Kier molecular flexibility index (Phi) is 6.25. The van der Waals surface area contributed by atoms with Crippen molar-refractivity contribution in [2.75, 3.05) is 17.1 Å². The predicted octanol–water partition coefficient (Wildman–Crippen LogP) is 4.27. The maximum Gasteiger partial charge on any atom is 0.454 e. The first-order valence-corrected chi connectivity index (χ1v) is 14.4. The first-order chi connectivity index (χ1) is 17.8. The van der Waals surface area contributed by atoms with Crippen molar-refractivity contribution in [1.82, 2.24) is 5.32 Å². The molecule has 8 nitrogen and oxygen atoms in total. The number of hydrogen-bond acceptors (Lipinski definition) is 6. The zero-order valence-corrected chi connectivity index (χ0v) is 21.0. The Bertz CT molecular complexity index is 1450. The van der Waals surface area contributed by atoms with Crippen LogP contribution in [0.5, 0.6) is 0 Å². The number of halogens is 1. The monoisotopic (exact) mass is 526 g/mol. The molecule has 1 aromatic heterocycles. The second-order valence-electron chi connectivity index (χ2n) is 10.4. The zero-order chi connectivity index (χ0) is 25.7. The maximum atomic E-state index is 13.6. The predicted molar refractivity (Wildman–Crippen MR) is 138 cm³/mol. The molecule has 3 aromatic rings. The summed E-state index contributed by atoms with van der Waals surface area (Å²) >= 11 is 0. The molecule has 1 unspecified atom stereocenters. The number of amides is 1. The Balaban J connectivity index is 1.36. The van der Waals surface area contributed by atoms with Crippen molar-refractivity contribution in [3.8, 4) is 11.3 Å². The van der Waals surface area contributed by atoms with Crippen molar-refractivity contribution < 1.29 is 31.7 Å². The van der Waals surface area contributed by atoms with Gasteiger partial charge in [-0.3, -0.25) is 9.52 Å². The molecule has 1 atom stereocenters. The lowest BCUT2D eigenvalue weighted by Gasteiger charge is -2.14. The summed E-state index contributed by atoms with van der Waals surface area (Å²) < 4.78 is 53.6. The largest absolute Gasteiger partial charge is 0.455 e. The van der Waals surface area contributed by atoms with Crippen LogP contribution >= 0.6 is 0 Å². The van der Waals surface area contributed by atoms with E-state index in [1.165, 1.54) is 12.1 Å². The highest BCUT2D eigenvalue weighted by Crippen LogP contribution is 2.47. The Labute approximate surface area is 214 Å². The quantitative estimate of drug-likeness (QED) is 0.359. The number of fused-ring (bicyclic) bond motifs is 1. The Hall–Kier alpha value is -2.89. The molecule has 3 fully saturated rings. The summed E-state index contributed by atoms with van der Waals surface area (Å²) in [4.78, 5) is 13.3. The molecule has 3 N–H and O–H groups in total. The zero-order valence-electron chi connectivity index (χ0n) is 20.2. The van der Waals surface area contributed by atoms with Crippen LogP contribution in [0.25, 0.3) is 22.3 Å². The lowest BCUT2D eigenvalue weighted by Crippen LogP contribution is -2.25. The molecule has 0 radical (unpaired) electrons. The molecule has 2 saturated carbocycles. The fourth-order valence-corrected chi connectivity index (χ4v) is 6.16. The van der Waals surface area contributed by atoms with Crippen molar-refractivity contribution in [1.29, 1.82) is 0 Å². The van der Waals surface area contributed by atoms with Gasteiger partial charge >= 0.3 is 7.12 Å². The van der Waals surface area contributed by atoms with Crippen LogP contribution < -0.4 is 10.0 Å². The van der Waals surface area contributed by atoms with Crippen LogP contribution in [0.3, 0.4) is 0 Å². The summed E-state index contributed by atoms with van der Waals surface area (Å²) in [5, 5.41) is 13.2. The molecule has 6 rings (SSSR count). The summed E-state index contributed by atoms with van der Waals surface area (Å²) in [6.07, 6.45) is 4.54. The highest BCUT2D eigenvalue weighted by molar-refractivity contribution is 7.92. The van der Waals surface area contributed by atoms with Gasteiger partial charge in [0.2, 0.25) is 10.0 Å². The van der Waals surface area contributed by atoms with E-state index in [1.807, 2.05) is 6.07 Å². The number of furan rings is 1. The van der Waals surface area contributed by atoms with E-state index in [0.717, 1.165) is 31.2 Å². The van der Waals surface area contributed by atoms with Crippen LogP contribution in [0, 0.1) is 11.7 Å². The van der Waals surface area contributed by atoms with Crippen molar-refractivity contribution >= 4 is 39.7 Å². The first-order valence-electron chi connectivity index (χ1n) is 12.7. The molecule has 37 heavy (non-hydrogen) atoms. The Morgan fingerprint density at radius 1 is 1.14 bits per heavy atom. The average Bonchev–Trinajstić information content (AvgIpc) is 3.78. The molecule has 1 aliphatic heterocycles. The molecule has 2 aromatic carbocycles. The highest BCUT2D eigenvalue weighted by atomic mass is 32.2. The van der Waals surface area contributed by atoms with E-state index >= 15 is 0 Å². The number of carbonyl (C=O) groups is 1. The van der Waals surface area contributed by atoms with Crippen molar-refractivity contribution in [3.63, 3.8) is 0 Å². The van der Waals surface area contributed by atoms with E-state index in [-0.39, 0.29) is 29.5 Å². The van der Waals surface area contributed by atoms with Gasteiger partial charge in [-0.1, -0.05) is 0 Å². The molecule has 194 valence electrons. The van der Waals surface area contributed by atoms with Crippen LogP contribution in [-0.2, 0) is 14.7 Å². The van der Waals surface area contributed by atoms with Gasteiger partial charge in [0, 0.05) is 29.7 Å². The maximum absolute atomic E-state index is 13.6. The van der Waals surface area contributed by atoms with Gasteiger partial charge < -0.3 is 19.4 Å². The van der Waals surface area contributed by atoms with Gasteiger partial charge in [0.05, 0.1) is 17.0 Å². The summed E-state index contributed by atoms with van der Waals surface area (Å²) in [6, 6.07) is 9.42. The third-order valence-electron chi connectivity index (χ3n) is 7.24. The number of hydrogen-bond donors (Lipinski definition) is 3. The number of nitrogens with one attached hydrogen (secondary N) is 2. The molecule has 1 saturated heterocycles. The molecule has 2 heterocycles. The molecular formula is C26H28BFN2O6S. The van der Waals surface area contributed by atoms with E-state index in [1.54, 1.807) is 18.2 Å². The SMILES string of the molecule is O=C(NC1CC1)c1c(-c2ccc(F)cc2)oc2cc(NS(=O)(=O)CCC3COB(O)C3)c(C3CC3)cc12. The van der Waals surface area contributed by atoms with Crippen LogP contribution in [-0.4, -0.2) is 44.9 Å². The molecule has 2 aliphatic carbocycles. The first kappa shape index (κ1) is 24.5. The van der Waals surface area contributed by atoms with Crippen LogP contribution in [0.1, 0.15) is 53.9 Å². The normalized spacial score (nSPS) is 19.9. The third kappa shape index (κ3) is 5.39. The van der Waals surface area contributed by atoms with E-state index in [2.05, 4.69) is 10.0 Å². The Morgan fingerprint density at radius 3 is 2.54 bits per heavy atom. The number of sulfonamides is 1. The van der Waals surface area contributed by atoms with Crippen LogP contribution in [0.15, 0.2) is 40.8 Å². The van der Waals surface area contributed by atoms with Gasteiger partial charge in [-0.2, -0.15) is 0 Å². The molecule has 1 amide bonds. The summed E-state index contributed by atoms with van der Waals surface area (Å²) in [5.74, 6) is -0.220. The molecule has 11 heteroatoms. The highest BCUT2D eigenvalue weighted by Gasteiger charge is 2.33. The molecule has 0 spiro atoms.